The van der Waals surface area contributed by atoms with E-state index >= 15 is 0 Å². The molecule has 0 aliphatic rings. The van der Waals surface area contributed by atoms with E-state index in [4.69, 9.17) is 9.15 Å². The number of carbonyl (C=O) groups excluding carboxylic acids is 1. The number of carbonyl (C=O) groups is 1. The van der Waals surface area contributed by atoms with Crippen molar-refractivity contribution in [3.8, 4) is 5.75 Å². The molecule has 1 heterocycles. The molecule has 1 N–H and O–H groups in total. The van der Waals surface area contributed by atoms with Crippen molar-refractivity contribution >= 4 is 38.5 Å². The molecule has 5 nitrogen and oxygen atoms in total. The Morgan fingerprint density at radius 3 is 2.60 bits per heavy atom. The van der Waals surface area contributed by atoms with Crippen LogP contribution in [0.3, 0.4) is 0 Å². The molecule has 150 valence electrons. The average molecular weight is 464 g/mol. The number of halogens is 1. The first kappa shape index (κ1) is 19.9. The van der Waals surface area contributed by atoms with Gasteiger partial charge in [-0.05, 0) is 54.4 Å². The van der Waals surface area contributed by atoms with Crippen LogP contribution < -0.4 is 15.7 Å². The monoisotopic (exact) mass is 463 g/mol. The number of anilines is 1. The van der Waals surface area contributed by atoms with Crippen LogP contribution >= 0.6 is 15.9 Å². The second-order valence-electron chi connectivity index (χ2n) is 6.82. The van der Waals surface area contributed by atoms with Gasteiger partial charge in [0.25, 0.3) is 5.91 Å². The van der Waals surface area contributed by atoms with Crippen molar-refractivity contribution < 1.29 is 13.9 Å². The van der Waals surface area contributed by atoms with E-state index in [1.807, 2.05) is 43.3 Å². The second kappa shape index (κ2) is 8.55. The molecule has 6 heteroatoms. The molecule has 0 spiro atoms. The van der Waals surface area contributed by atoms with E-state index in [0.29, 0.717) is 29.2 Å². The highest BCUT2D eigenvalue weighted by Crippen LogP contribution is 2.24. The highest BCUT2D eigenvalue weighted by atomic mass is 79.9. The molecule has 0 saturated carbocycles. The SMILES string of the molecule is Cc1cc(=O)oc2cc(NC(=O)c3ccccc3OCc3ccc(Br)cc3)ccc12. The van der Waals surface area contributed by atoms with Crippen molar-refractivity contribution in [2.24, 2.45) is 0 Å². The summed E-state index contributed by atoms with van der Waals surface area (Å²) in [7, 11) is 0. The Morgan fingerprint density at radius 2 is 1.80 bits per heavy atom. The molecule has 4 rings (SSSR count). The number of amides is 1. The average Bonchev–Trinajstić information content (AvgIpc) is 2.73. The lowest BCUT2D eigenvalue weighted by atomic mass is 10.1. The number of aryl methyl sites for hydroxylation is 1. The van der Waals surface area contributed by atoms with Crippen molar-refractivity contribution in [2.45, 2.75) is 13.5 Å². The van der Waals surface area contributed by atoms with Crippen molar-refractivity contribution in [1.82, 2.24) is 0 Å². The molecule has 0 aliphatic heterocycles. The smallest absolute Gasteiger partial charge is 0.336 e. The maximum atomic E-state index is 12.9. The quantitative estimate of drug-likeness (QED) is 0.385. The van der Waals surface area contributed by atoms with Gasteiger partial charge in [0.2, 0.25) is 0 Å². The predicted octanol–water partition coefficient (Wildman–Crippen LogP) is 5.70. The third-order valence-electron chi connectivity index (χ3n) is 4.65. The highest BCUT2D eigenvalue weighted by Gasteiger charge is 2.13. The van der Waals surface area contributed by atoms with Crippen molar-refractivity contribution in [1.29, 1.82) is 0 Å². The van der Waals surface area contributed by atoms with Gasteiger partial charge >= 0.3 is 5.63 Å². The Morgan fingerprint density at radius 1 is 1.03 bits per heavy atom. The Balaban J connectivity index is 1.54. The van der Waals surface area contributed by atoms with Gasteiger partial charge in [-0.15, -0.1) is 0 Å². The number of ether oxygens (including phenoxy) is 1. The second-order valence-corrected chi connectivity index (χ2v) is 7.74. The Kier molecular flexibility index (Phi) is 5.68. The summed E-state index contributed by atoms with van der Waals surface area (Å²) in [5.74, 6) is 0.178. The fourth-order valence-corrected chi connectivity index (χ4v) is 3.39. The zero-order valence-corrected chi connectivity index (χ0v) is 17.7. The summed E-state index contributed by atoms with van der Waals surface area (Å²) >= 11 is 3.41. The molecule has 0 bridgehead atoms. The number of nitrogens with one attached hydrogen (secondary N) is 1. The van der Waals surface area contributed by atoms with Crippen molar-refractivity contribution in [3.63, 3.8) is 0 Å². The fourth-order valence-electron chi connectivity index (χ4n) is 3.12. The first-order valence-electron chi connectivity index (χ1n) is 9.32. The van der Waals surface area contributed by atoms with Gasteiger partial charge < -0.3 is 14.5 Å². The van der Waals surface area contributed by atoms with Crippen LogP contribution in [0.2, 0.25) is 0 Å². The number of hydrogen-bond donors (Lipinski definition) is 1. The largest absolute Gasteiger partial charge is 0.488 e. The lowest BCUT2D eigenvalue weighted by Gasteiger charge is -2.12. The van der Waals surface area contributed by atoms with Gasteiger partial charge in [-0.3, -0.25) is 4.79 Å². The van der Waals surface area contributed by atoms with Gasteiger partial charge in [0.15, 0.2) is 0 Å². The third-order valence-corrected chi connectivity index (χ3v) is 5.18. The summed E-state index contributed by atoms with van der Waals surface area (Å²) < 4.78 is 12.1. The van der Waals surface area contributed by atoms with Gasteiger partial charge in [0.1, 0.15) is 17.9 Å². The van der Waals surface area contributed by atoms with Crippen LogP contribution in [-0.2, 0) is 6.61 Å². The highest BCUT2D eigenvalue weighted by molar-refractivity contribution is 9.10. The Labute approximate surface area is 181 Å². The van der Waals surface area contributed by atoms with E-state index < -0.39 is 5.63 Å². The summed E-state index contributed by atoms with van der Waals surface area (Å²) in [6.07, 6.45) is 0. The maximum absolute atomic E-state index is 12.9. The van der Waals surface area contributed by atoms with Crippen LogP contribution in [0.5, 0.6) is 5.75 Å². The number of hydrogen-bond acceptors (Lipinski definition) is 4. The molecule has 0 radical (unpaired) electrons. The Hall–Kier alpha value is -3.38. The minimum Gasteiger partial charge on any atom is -0.488 e. The van der Waals surface area contributed by atoms with Crippen LogP contribution in [0.25, 0.3) is 11.0 Å². The molecule has 0 aliphatic carbocycles. The zero-order valence-electron chi connectivity index (χ0n) is 16.1. The molecule has 1 amide bonds. The van der Waals surface area contributed by atoms with Crippen LogP contribution in [0, 0.1) is 6.92 Å². The van der Waals surface area contributed by atoms with E-state index in [2.05, 4.69) is 21.2 Å². The van der Waals surface area contributed by atoms with E-state index in [9.17, 15) is 9.59 Å². The number of rotatable bonds is 5. The predicted molar refractivity (Wildman–Crippen MR) is 120 cm³/mol. The van der Waals surface area contributed by atoms with E-state index in [0.717, 1.165) is 21.0 Å². The summed E-state index contributed by atoms with van der Waals surface area (Å²) in [6, 6.07) is 21.5. The fraction of sp³-hybridized carbons (Fsp3) is 0.0833. The molecule has 0 unspecified atom stereocenters. The van der Waals surface area contributed by atoms with E-state index in [1.54, 1.807) is 30.3 Å². The molecule has 3 aromatic carbocycles. The molecule has 4 aromatic rings. The number of benzene rings is 3. The standard InChI is InChI=1S/C24H18BrNO4/c1-15-12-23(27)30-22-13-18(10-11-19(15)22)26-24(28)20-4-2-3-5-21(20)29-14-16-6-8-17(25)9-7-16/h2-13H,14H2,1H3,(H,26,28). The lowest BCUT2D eigenvalue weighted by molar-refractivity contribution is 0.102. The summed E-state index contributed by atoms with van der Waals surface area (Å²) in [6.45, 7) is 2.19. The topological polar surface area (TPSA) is 68.5 Å². The van der Waals surface area contributed by atoms with Gasteiger partial charge in [0, 0.05) is 27.7 Å². The van der Waals surface area contributed by atoms with Crippen molar-refractivity contribution in [2.75, 3.05) is 5.32 Å². The van der Waals surface area contributed by atoms with E-state index in [-0.39, 0.29) is 5.91 Å². The zero-order chi connectivity index (χ0) is 21.1. The van der Waals surface area contributed by atoms with Gasteiger partial charge in [-0.25, -0.2) is 4.79 Å². The summed E-state index contributed by atoms with van der Waals surface area (Å²) in [4.78, 5) is 24.5. The Bertz CT molecular complexity index is 1280. The van der Waals surface area contributed by atoms with E-state index in [1.165, 1.54) is 6.07 Å². The minimum atomic E-state index is -0.421. The molecule has 1 aromatic heterocycles. The lowest BCUT2D eigenvalue weighted by Crippen LogP contribution is -2.13. The molecule has 0 fully saturated rings. The van der Waals surface area contributed by atoms with Crippen LogP contribution in [0.15, 0.2) is 86.5 Å². The molecule has 30 heavy (non-hydrogen) atoms. The minimum absolute atomic E-state index is 0.309. The van der Waals surface area contributed by atoms with Gasteiger partial charge in [-0.1, -0.05) is 40.2 Å². The first-order chi connectivity index (χ1) is 14.5. The van der Waals surface area contributed by atoms with Crippen LogP contribution in [0.1, 0.15) is 21.5 Å². The third kappa shape index (κ3) is 4.44. The summed E-state index contributed by atoms with van der Waals surface area (Å²) in [5.41, 5.74) is 2.77. The normalized spacial score (nSPS) is 10.7. The first-order valence-corrected chi connectivity index (χ1v) is 10.1. The molecule has 0 atom stereocenters. The molecule has 0 saturated heterocycles. The molecular formula is C24H18BrNO4. The maximum Gasteiger partial charge on any atom is 0.336 e. The van der Waals surface area contributed by atoms with Crippen molar-refractivity contribution in [3.05, 3.63) is 104 Å². The number of para-hydroxylation sites is 1. The van der Waals surface area contributed by atoms with Crippen LogP contribution in [-0.4, -0.2) is 5.91 Å². The van der Waals surface area contributed by atoms with Crippen LogP contribution in [0.4, 0.5) is 5.69 Å². The summed E-state index contributed by atoms with van der Waals surface area (Å²) in [5, 5.41) is 3.67. The van der Waals surface area contributed by atoms with Gasteiger partial charge in [0.05, 0.1) is 5.56 Å². The number of fused-ring (bicyclic) bond motifs is 1. The van der Waals surface area contributed by atoms with Gasteiger partial charge in [-0.2, -0.15) is 0 Å². The molecular weight excluding hydrogens is 446 g/mol.